The second-order valence-electron chi connectivity index (χ2n) is 7.69. The van der Waals surface area contributed by atoms with Crippen LogP contribution < -0.4 is 10.5 Å². The molecule has 0 fully saturated rings. The number of nitrogens with two attached hydrogens (primary N) is 1. The first-order valence-electron chi connectivity index (χ1n) is 10.5. The van der Waals surface area contributed by atoms with Crippen molar-refractivity contribution < 1.29 is 27.8 Å². The fraction of sp³-hybridized carbons (Fsp3) is 0.160. The van der Waals surface area contributed by atoms with Crippen molar-refractivity contribution in [3.63, 3.8) is 0 Å². The monoisotopic (exact) mass is 499 g/mol. The molecule has 35 heavy (non-hydrogen) atoms. The van der Waals surface area contributed by atoms with Crippen LogP contribution in [0, 0.1) is 0 Å². The Kier molecular flexibility index (Phi) is 7.13. The minimum absolute atomic E-state index is 0.00985. The number of aromatic nitrogens is 2. The molecule has 1 unspecified atom stereocenters. The minimum Gasteiger partial charge on any atom is -0.480 e. The molecule has 6 nitrogen and oxygen atoms in total. The van der Waals surface area contributed by atoms with Gasteiger partial charge in [-0.1, -0.05) is 54.6 Å². The number of rotatable bonds is 8. The topological polar surface area (TPSA) is 98.3 Å². The van der Waals surface area contributed by atoms with Gasteiger partial charge in [-0.15, -0.1) is 11.3 Å². The zero-order chi connectivity index (χ0) is 25.0. The second-order valence-corrected chi connectivity index (χ2v) is 8.81. The minimum atomic E-state index is -4.66. The Bertz CT molecular complexity index is 1290. The number of carbonyl (C=O) groups is 1. The lowest BCUT2D eigenvalue weighted by Crippen LogP contribution is -2.32. The third-order valence-electron chi connectivity index (χ3n) is 5.14. The summed E-state index contributed by atoms with van der Waals surface area (Å²) in [5.74, 6) is -1.32. The van der Waals surface area contributed by atoms with Gasteiger partial charge in [0.05, 0.1) is 10.6 Å². The Morgan fingerprint density at radius 1 is 1.00 bits per heavy atom. The Balaban J connectivity index is 1.55. The maximum absolute atomic E-state index is 13.9. The van der Waals surface area contributed by atoms with Crippen molar-refractivity contribution in [3.05, 3.63) is 89.6 Å². The smallest absolute Gasteiger partial charge is 0.430 e. The highest BCUT2D eigenvalue weighted by Gasteiger charge is 2.44. The van der Waals surface area contributed by atoms with Crippen LogP contribution >= 0.6 is 11.3 Å². The highest BCUT2D eigenvalue weighted by molar-refractivity contribution is 7.15. The molecule has 0 amide bonds. The second kappa shape index (κ2) is 10.2. The molecule has 10 heteroatoms. The summed E-state index contributed by atoms with van der Waals surface area (Å²) in [6, 6.07) is 19.2. The largest absolute Gasteiger partial charge is 0.480 e. The van der Waals surface area contributed by atoms with Crippen molar-refractivity contribution in [1.82, 2.24) is 9.97 Å². The Morgan fingerprint density at radius 2 is 1.71 bits per heavy atom. The summed E-state index contributed by atoms with van der Waals surface area (Å²) in [6.45, 7) is 0. The summed E-state index contributed by atoms with van der Waals surface area (Å²) in [7, 11) is 0. The first-order valence-corrected chi connectivity index (χ1v) is 11.3. The van der Waals surface area contributed by atoms with Crippen LogP contribution in [0.3, 0.4) is 0 Å². The lowest BCUT2D eigenvalue weighted by molar-refractivity contribution is -0.197. The third-order valence-corrected chi connectivity index (χ3v) is 6.32. The molecule has 4 aromatic rings. The van der Waals surface area contributed by atoms with Gasteiger partial charge < -0.3 is 15.6 Å². The van der Waals surface area contributed by atoms with E-state index < -0.39 is 24.3 Å². The molecule has 0 bridgehead atoms. The summed E-state index contributed by atoms with van der Waals surface area (Å²) < 4.78 is 47.1. The molecule has 180 valence electrons. The SMILES string of the molecule is N[C@@H](Cc1ccc(-c2cc(OC(c3ccc(-c4ccccc4)s3)C(F)(F)F)ncn2)cc1)C(=O)O. The fourth-order valence-electron chi connectivity index (χ4n) is 3.37. The van der Waals surface area contributed by atoms with Gasteiger partial charge in [0.15, 0.2) is 0 Å². The van der Waals surface area contributed by atoms with Gasteiger partial charge in [-0.3, -0.25) is 4.79 Å². The summed E-state index contributed by atoms with van der Waals surface area (Å²) in [5, 5.41) is 8.94. The van der Waals surface area contributed by atoms with Gasteiger partial charge >= 0.3 is 12.1 Å². The van der Waals surface area contributed by atoms with Gasteiger partial charge in [-0.25, -0.2) is 9.97 Å². The van der Waals surface area contributed by atoms with Gasteiger partial charge in [0, 0.05) is 16.5 Å². The number of hydrogen-bond acceptors (Lipinski definition) is 6. The average molecular weight is 500 g/mol. The van der Waals surface area contributed by atoms with E-state index in [0.717, 1.165) is 23.2 Å². The molecule has 0 spiro atoms. The number of nitrogens with zero attached hydrogens (tertiary/aromatic N) is 2. The number of carboxylic acid groups (broad SMARTS) is 1. The molecule has 0 aliphatic rings. The number of thiophene rings is 1. The zero-order valence-corrected chi connectivity index (χ0v) is 19.0. The molecule has 0 aliphatic carbocycles. The number of halogens is 3. The summed E-state index contributed by atoms with van der Waals surface area (Å²) in [6.07, 6.45) is -5.56. The van der Waals surface area contributed by atoms with Gasteiger partial charge in [0.2, 0.25) is 12.0 Å². The van der Waals surface area contributed by atoms with Crippen molar-refractivity contribution in [1.29, 1.82) is 0 Å². The van der Waals surface area contributed by atoms with Crippen LogP contribution in [0.1, 0.15) is 16.5 Å². The standard InChI is InChI=1S/C25H20F3N3O3S/c26-25(27,28)23(21-11-10-20(35-21)17-4-2-1-3-5-17)34-22-13-19(30-14-31-22)16-8-6-15(7-9-16)12-18(29)24(32)33/h1-11,13-14,18,23H,12,29H2,(H,32,33)/t18-,23?/m0/s1. The lowest BCUT2D eigenvalue weighted by atomic mass is 10.0. The first kappa shape index (κ1) is 24.4. The van der Waals surface area contributed by atoms with E-state index in [1.54, 1.807) is 30.3 Å². The Hall–Kier alpha value is -3.76. The molecule has 2 atom stereocenters. The van der Waals surface area contributed by atoms with Gasteiger partial charge in [-0.2, -0.15) is 13.2 Å². The van der Waals surface area contributed by atoms with E-state index in [1.165, 1.54) is 12.1 Å². The van der Waals surface area contributed by atoms with E-state index in [1.807, 2.05) is 30.3 Å². The maximum Gasteiger partial charge on any atom is 0.430 e. The molecule has 0 saturated heterocycles. The highest BCUT2D eigenvalue weighted by atomic mass is 32.1. The van der Waals surface area contributed by atoms with E-state index in [-0.39, 0.29) is 17.2 Å². The van der Waals surface area contributed by atoms with E-state index >= 15 is 0 Å². The highest BCUT2D eigenvalue weighted by Crippen LogP contribution is 2.41. The van der Waals surface area contributed by atoms with Gasteiger partial charge in [-0.05, 0) is 29.7 Å². The quantitative estimate of drug-likeness (QED) is 0.332. The number of carboxylic acids is 1. The first-order chi connectivity index (χ1) is 16.7. The number of hydrogen-bond donors (Lipinski definition) is 2. The van der Waals surface area contributed by atoms with Crippen LogP contribution in [-0.2, 0) is 11.2 Å². The van der Waals surface area contributed by atoms with Crippen LogP contribution in [0.5, 0.6) is 5.88 Å². The molecule has 0 saturated carbocycles. The molecule has 0 radical (unpaired) electrons. The van der Waals surface area contributed by atoms with Crippen LogP contribution in [0.2, 0.25) is 0 Å². The maximum atomic E-state index is 13.9. The number of ether oxygens (including phenoxy) is 1. The zero-order valence-electron chi connectivity index (χ0n) is 18.1. The van der Waals surface area contributed by atoms with Crippen LogP contribution in [0.4, 0.5) is 13.2 Å². The van der Waals surface area contributed by atoms with Gasteiger partial charge in [0.25, 0.3) is 0 Å². The van der Waals surface area contributed by atoms with Crippen molar-refractivity contribution in [2.45, 2.75) is 24.7 Å². The van der Waals surface area contributed by atoms with Crippen molar-refractivity contribution in [2.24, 2.45) is 5.73 Å². The van der Waals surface area contributed by atoms with E-state index in [4.69, 9.17) is 15.6 Å². The number of alkyl halides is 3. The molecular weight excluding hydrogens is 479 g/mol. The Morgan fingerprint density at radius 3 is 2.37 bits per heavy atom. The number of aliphatic carboxylic acids is 1. The van der Waals surface area contributed by atoms with Crippen LogP contribution in [-0.4, -0.2) is 33.3 Å². The lowest BCUT2D eigenvalue weighted by Gasteiger charge is -2.20. The molecule has 2 aromatic carbocycles. The predicted molar refractivity (Wildman–Crippen MR) is 126 cm³/mol. The normalized spacial score (nSPS) is 13.3. The molecule has 4 rings (SSSR count). The molecular formula is C25H20F3N3O3S. The summed E-state index contributed by atoms with van der Waals surface area (Å²) in [4.78, 5) is 19.6. The Labute approximate surface area is 202 Å². The molecule has 0 aliphatic heterocycles. The predicted octanol–water partition coefficient (Wildman–Crippen LogP) is 5.51. The fourth-order valence-corrected chi connectivity index (χ4v) is 4.44. The van der Waals surface area contributed by atoms with E-state index in [2.05, 4.69) is 9.97 Å². The average Bonchev–Trinajstić information content (AvgIpc) is 3.33. The molecule has 2 aromatic heterocycles. The van der Waals surface area contributed by atoms with Crippen molar-refractivity contribution in [3.8, 4) is 27.6 Å². The van der Waals surface area contributed by atoms with E-state index in [9.17, 15) is 18.0 Å². The summed E-state index contributed by atoms with van der Waals surface area (Å²) >= 11 is 1.01. The molecule has 3 N–H and O–H groups in total. The van der Waals surface area contributed by atoms with Crippen molar-refractivity contribution >= 4 is 17.3 Å². The van der Waals surface area contributed by atoms with E-state index in [0.29, 0.717) is 21.7 Å². The van der Waals surface area contributed by atoms with Crippen molar-refractivity contribution in [2.75, 3.05) is 0 Å². The number of benzene rings is 2. The van der Waals surface area contributed by atoms with Gasteiger partial charge in [0.1, 0.15) is 12.4 Å². The third kappa shape index (κ3) is 6.03. The summed E-state index contributed by atoms with van der Waals surface area (Å²) in [5.41, 5.74) is 8.05. The van der Waals surface area contributed by atoms with Crippen LogP contribution in [0.25, 0.3) is 21.7 Å². The van der Waals surface area contributed by atoms with Crippen LogP contribution in [0.15, 0.2) is 79.1 Å². The molecule has 2 heterocycles.